The highest BCUT2D eigenvalue weighted by Gasteiger charge is 2.18. The summed E-state index contributed by atoms with van der Waals surface area (Å²) in [7, 11) is 3.21. The molecule has 0 aliphatic rings. The summed E-state index contributed by atoms with van der Waals surface area (Å²) in [5.41, 5.74) is 2.73. The van der Waals surface area contributed by atoms with Gasteiger partial charge in [0.1, 0.15) is 11.5 Å². The smallest absolute Gasteiger partial charge is 0.269 e. The third-order valence-corrected chi connectivity index (χ3v) is 5.92. The summed E-state index contributed by atoms with van der Waals surface area (Å²) < 4.78 is 10.5. The standard InChI is InChI=1S/C24H19N3O5S/c1-31-19-11-5-15(6-12-19)21-22(16-7-13-20(32-2)14-8-16)33-24(25-21)26-23(28)17-3-9-18(10-4-17)27(29)30/h3-14H,1-2H3,(H,25,26,28). The Morgan fingerprint density at radius 1 is 0.879 bits per heavy atom. The van der Waals surface area contributed by atoms with Crippen LogP contribution in [0.4, 0.5) is 10.8 Å². The van der Waals surface area contributed by atoms with Gasteiger partial charge in [0.2, 0.25) is 0 Å². The van der Waals surface area contributed by atoms with Crippen LogP contribution >= 0.6 is 11.3 Å². The number of benzene rings is 3. The van der Waals surface area contributed by atoms with Gasteiger partial charge >= 0.3 is 0 Å². The second-order valence-corrected chi connectivity index (χ2v) is 7.91. The van der Waals surface area contributed by atoms with Crippen molar-refractivity contribution in [3.8, 4) is 33.2 Å². The first kappa shape index (κ1) is 22.0. The highest BCUT2D eigenvalue weighted by molar-refractivity contribution is 7.19. The molecule has 9 heteroatoms. The number of methoxy groups -OCH3 is 2. The second-order valence-electron chi connectivity index (χ2n) is 6.91. The Morgan fingerprint density at radius 3 is 1.94 bits per heavy atom. The maximum absolute atomic E-state index is 12.7. The molecule has 0 saturated heterocycles. The summed E-state index contributed by atoms with van der Waals surface area (Å²) >= 11 is 1.34. The van der Waals surface area contributed by atoms with Crippen molar-refractivity contribution in [2.45, 2.75) is 0 Å². The van der Waals surface area contributed by atoms with Crippen molar-refractivity contribution in [3.63, 3.8) is 0 Å². The third kappa shape index (κ3) is 4.83. The lowest BCUT2D eigenvalue weighted by molar-refractivity contribution is -0.384. The number of nitro groups is 1. The molecule has 8 nitrogen and oxygen atoms in total. The molecule has 1 heterocycles. The zero-order valence-corrected chi connectivity index (χ0v) is 18.6. The lowest BCUT2D eigenvalue weighted by Gasteiger charge is -2.05. The van der Waals surface area contributed by atoms with E-state index in [0.29, 0.717) is 16.4 Å². The van der Waals surface area contributed by atoms with Crippen LogP contribution in [-0.2, 0) is 0 Å². The number of nitrogens with zero attached hydrogens (tertiary/aromatic N) is 2. The fraction of sp³-hybridized carbons (Fsp3) is 0.0833. The fourth-order valence-corrected chi connectivity index (χ4v) is 4.15. The predicted octanol–water partition coefficient (Wildman–Crippen LogP) is 5.65. The van der Waals surface area contributed by atoms with E-state index in [1.807, 2.05) is 48.5 Å². The van der Waals surface area contributed by atoms with E-state index in [1.54, 1.807) is 14.2 Å². The molecule has 1 amide bonds. The number of non-ortho nitro benzene ring substituents is 1. The number of thiazole rings is 1. The van der Waals surface area contributed by atoms with Gasteiger partial charge in [-0.3, -0.25) is 20.2 Å². The van der Waals surface area contributed by atoms with E-state index in [0.717, 1.165) is 27.5 Å². The van der Waals surface area contributed by atoms with E-state index >= 15 is 0 Å². The van der Waals surface area contributed by atoms with Crippen LogP contribution in [0.1, 0.15) is 10.4 Å². The molecule has 0 fully saturated rings. The molecule has 4 rings (SSSR count). The quantitative estimate of drug-likeness (QED) is 0.282. The highest BCUT2D eigenvalue weighted by atomic mass is 32.1. The minimum absolute atomic E-state index is 0.0793. The number of amides is 1. The van der Waals surface area contributed by atoms with E-state index in [9.17, 15) is 14.9 Å². The number of hydrogen-bond donors (Lipinski definition) is 1. The summed E-state index contributed by atoms with van der Waals surface area (Å²) in [6.07, 6.45) is 0. The van der Waals surface area contributed by atoms with Gasteiger partial charge in [0.25, 0.3) is 11.6 Å². The summed E-state index contributed by atoms with van der Waals surface area (Å²) in [5, 5.41) is 14.1. The Labute approximate surface area is 193 Å². The number of rotatable bonds is 7. The zero-order valence-electron chi connectivity index (χ0n) is 17.8. The van der Waals surface area contributed by atoms with Crippen molar-refractivity contribution >= 4 is 28.1 Å². The number of hydrogen-bond acceptors (Lipinski definition) is 7. The number of carbonyl (C=O) groups excluding carboxylic acids is 1. The minimum atomic E-state index is -0.509. The molecule has 0 saturated carbocycles. The third-order valence-electron chi connectivity index (χ3n) is 4.90. The Kier molecular flexibility index (Phi) is 6.32. The van der Waals surface area contributed by atoms with E-state index in [-0.39, 0.29) is 5.69 Å². The largest absolute Gasteiger partial charge is 0.497 e. The molecule has 0 bridgehead atoms. The van der Waals surface area contributed by atoms with Gasteiger partial charge in [-0.25, -0.2) is 4.98 Å². The van der Waals surface area contributed by atoms with E-state index in [2.05, 4.69) is 10.3 Å². The van der Waals surface area contributed by atoms with Crippen LogP contribution in [0.15, 0.2) is 72.8 Å². The number of nitrogens with one attached hydrogen (secondary N) is 1. The van der Waals surface area contributed by atoms with Gasteiger partial charge in [-0.05, 0) is 66.2 Å². The number of carbonyl (C=O) groups is 1. The topological polar surface area (TPSA) is 104 Å². The number of anilines is 1. The summed E-state index contributed by atoms with van der Waals surface area (Å²) in [5.74, 6) is 1.06. The van der Waals surface area contributed by atoms with Crippen molar-refractivity contribution in [2.24, 2.45) is 0 Å². The molecule has 0 aliphatic carbocycles. The van der Waals surface area contributed by atoms with Gasteiger partial charge in [0, 0.05) is 23.3 Å². The van der Waals surface area contributed by atoms with Crippen molar-refractivity contribution < 1.29 is 19.2 Å². The van der Waals surface area contributed by atoms with Gasteiger partial charge in [-0.1, -0.05) is 11.3 Å². The normalized spacial score (nSPS) is 10.5. The van der Waals surface area contributed by atoms with E-state index < -0.39 is 10.8 Å². The van der Waals surface area contributed by atoms with Crippen LogP contribution in [0, 0.1) is 10.1 Å². The molecule has 3 aromatic carbocycles. The molecule has 0 spiro atoms. The van der Waals surface area contributed by atoms with Crippen LogP contribution in [0.3, 0.4) is 0 Å². The van der Waals surface area contributed by atoms with Crippen molar-refractivity contribution in [1.82, 2.24) is 4.98 Å². The Bertz CT molecular complexity index is 1220. The Hall–Kier alpha value is -4.24. The van der Waals surface area contributed by atoms with Crippen molar-refractivity contribution in [3.05, 3.63) is 88.5 Å². The monoisotopic (exact) mass is 461 g/mol. The summed E-state index contributed by atoms with van der Waals surface area (Å²) in [4.78, 5) is 28.6. The first-order valence-electron chi connectivity index (χ1n) is 9.84. The Morgan fingerprint density at radius 2 is 1.42 bits per heavy atom. The van der Waals surface area contributed by atoms with E-state index in [1.165, 1.54) is 35.6 Å². The van der Waals surface area contributed by atoms with Crippen molar-refractivity contribution in [1.29, 1.82) is 0 Å². The minimum Gasteiger partial charge on any atom is -0.497 e. The molecule has 0 aliphatic heterocycles. The van der Waals surface area contributed by atoms with Gasteiger partial charge in [-0.15, -0.1) is 0 Å². The summed E-state index contributed by atoms with van der Waals surface area (Å²) in [6, 6.07) is 20.5. The fourth-order valence-electron chi connectivity index (χ4n) is 3.16. The van der Waals surface area contributed by atoms with Gasteiger partial charge in [0.05, 0.1) is 29.7 Å². The number of nitro benzene ring substituents is 1. The lowest BCUT2D eigenvalue weighted by atomic mass is 10.1. The molecule has 1 N–H and O–H groups in total. The molecule has 0 unspecified atom stereocenters. The molecule has 166 valence electrons. The first-order chi connectivity index (χ1) is 16.0. The SMILES string of the molecule is COc1ccc(-c2nc(NC(=O)c3ccc([N+](=O)[O-])cc3)sc2-c2ccc(OC)cc2)cc1. The maximum Gasteiger partial charge on any atom is 0.269 e. The molecule has 0 radical (unpaired) electrons. The van der Waals surface area contributed by atoms with Crippen LogP contribution in [0.2, 0.25) is 0 Å². The molecule has 0 atom stereocenters. The van der Waals surface area contributed by atoms with Gasteiger partial charge < -0.3 is 9.47 Å². The van der Waals surface area contributed by atoms with Gasteiger partial charge in [-0.2, -0.15) is 0 Å². The van der Waals surface area contributed by atoms with Crippen LogP contribution in [0.5, 0.6) is 11.5 Å². The first-order valence-corrected chi connectivity index (χ1v) is 10.7. The van der Waals surface area contributed by atoms with E-state index in [4.69, 9.17) is 9.47 Å². The van der Waals surface area contributed by atoms with Crippen LogP contribution < -0.4 is 14.8 Å². The average molecular weight is 461 g/mol. The molecular formula is C24H19N3O5S. The summed E-state index contributed by atoms with van der Waals surface area (Å²) in [6.45, 7) is 0. The molecular weight excluding hydrogens is 442 g/mol. The lowest BCUT2D eigenvalue weighted by Crippen LogP contribution is -2.11. The highest BCUT2D eigenvalue weighted by Crippen LogP contribution is 2.40. The Balaban J connectivity index is 1.68. The molecule has 1 aromatic heterocycles. The number of ether oxygens (including phenoxy) is 2. The molecule has 33 heavy (non-hydrogen) atoms. The van der Waals surface area contributed by atoms with Crippen LogP contribution in [0.25, 0.3) is 21.7 Å². The zero-order chi connectivity index (χ0) is 23.4. The maximum atomic E-state index is 12.7. The van der Waals surface area contributed by atoms with Gasteiger partial charge in [0.15, 0.2) is 5.13 Å². The number of aromatic nitrogens is 1. The van der Waals surface area contributed by atoms with Crippen molar-refractivity contribution in [2.75, 3.05) is 19.5 Å². The second kappa shape index (κ2) is 9.49. The predicted molar refractivity (Wildman–Crippen MR) is 127 cm³/mol. The molecule has 4 aromatic rings. The average Bonchev–Trinajstić information content (AvgIpc) is 3.27. The van der Waals surface area contributed by atoms with Crippen LogP contribution in [-0.4, -0.2) is 30.0 Å².